The minimum Gasteiger partial charge on any atom is -0.353 e. The summed E-state index contributed by atoms with van der Waals surface area (Å²) in [6.45, 7) is 7.97. The van der Waals surface area contributed by atoms with Crippen molar-refractivity contribution in [2.75, 3.05) is 13.6 Å². The Morgan fingerprint density at radius 1 is 1.35 bits per heavy atom. The van der Waals surface area contributed by atoms with Crippen LogP contribution in [0.25, 0.3) is 0 Å². The number of guanidine groups is 1. The summed E-state index contributed by atoms with van der Waals surface area (Å²) in [5.74, 6) is 3.01. The summed E-state index contributed by atoms with van der Waals surface area (Å²) in [4.78, 5) is 11.1. The lowest BCUT2D eigenvalue weighted by Gasteiger charge is -2.22. The van der Waals surface area contributed by atoms with Gasteiger partial charge in [0.05, 0.1) is 6.54 Å². The molecule has 6 nitrogen and oxygen atoms in total. The molecule has 1 saturated carbocycles. The van der Waals surface area contributed by atoms with E-state index in [0.29, 0.717) is 24.4 Å². The molecule has 2 aromatic rings. The Labute approximate surface area is 156 Å². The van der Waals surface area contributed by atoms with Gasteiger partial charge < -0.3 is 10.2 Å². The molecule has 0 amide bonds. The van der Waals surface area contributed by atoms with E-state index in [1.54, 1.807) is 11.0 Å². The molecule has 0 spiro atoms. The van der Waals surface area contributed by atoms with Crippen LogP contribution in [-0.2, 0) is 13.6 Å². The van der Waals surface area contributed by atoms with Crippen molar-refractivity contribution in [1.82, 2.24) is 25.0 Å². The largest absolute Gasteiger partial charge is 0.353 e. The zero-order chi connectivity index (χ0) is 18.7. The minimum absolute atomic E-state index is 0.451. The summed E-state index contributed by atoms with van der Waals surface area (Å²) in [6, 6.07) is 9.53. The van der Waals surface area contributed by atoms with Crippen molar-refractivity contribution in [3.8, 4) is 0 Å². The monoisotopic (exact) mass is 354 g/mol. The Morgan fingerprint density at radius 2 is 2.08 bits per heavy atom. The van der Waals surface area contributed by atoms with Crippen LogP contribution in [0.2, 0.25) is 0 Å². The number of nitrogens with zero attached hydrogens (tertiary/aromatic N) is 5. The molecular formula is C20H30N6. The lowest BCUT2D eigenvalue weighted by Crippen LogP contribution is -2.40. The van der Waals surface area contributed by atoms with Gasteiger partial charge >= 0.3 is 0 Å². The van der Waals surface area contributed by atoms with Crippen LogP contribution in [0.3, 0.4) is 0 Å². The van der Waals surface area contributed by atoms with Crippen molar-refractivity contribution in [2.24, 2.45) is 12.0 Å². The Hall–Kier alpha value is -2.37. The van der Waals surface area contributed by atoms with Gasteiger partial charge in [-0.05, 0) is 30.4 Å². The fourth-order valence-corrected chi connectivity index (χ4v) is 3.19. The number of benzene rings is 1. The van der Waals surface area contributed by atoms with E-state index in [9.17, 15) is 0 Å². The summed E-state index contributed by atoms with van der Waals surface area (Å²) in [6.07, 6.45) is 2.74. The first-order chi connectivity index (χ1) is 12.5. The third-order valence-corrected chi connectivity index (χ3v) is 4.99. The smallest absolute Gasteiger partial charge is 0.194 e. The molecular weight excluding hydrogens is 324 g/mol. The Kier molecular flexibility index (Phi) is 5.59. The van der Waals surface area contributed by atoms with Gasteiger partial charge in [0.1, 0.15) is 12.2 Å². The standard InChI is InChI=1S/C20H30N6/c1-6-21-20(25(4)12-19-22-13-23-26(19)5)24-18-11-17(18)16-9-7-15(8-10-16)14(2)3/h7-10,13-14,17-18H,6,11-12H2,1-5H3,(H,21,24). The minimum atomic E-state index is 0.451. The van der Waals surface area contributed by atoms with Crippen LogP contribution in [0.5, 0.6) is 0 Å². The van der Waals surface area contributed by atoms with Crippen molar-refractivity contribution in [1.29, 1.82) is 0 Å². The third-order valence-electron chi connectivity index (χ3n) is 4.99. The normalized spacial score (nSPS) is 19.7. The van der Waals surface area contributed by atoms with Crippen molar-refractivity contribution in [2.45, 2.75) is 51.6 Å². The van der Waals surface area contributed by atoms with E-state index in [0.717, 1.165) is 24.7 Å². The quantitative estimate of drug-likeness (QED) is 0.640. The molecule has 3 rings (SSSR count). The molecule has 2 atom stereocenters. The first-order valence-electron chi connectivity index (χ1n) is 9.44. The highest BCUT2D eigenvalue weighted by Crippen LogP contribution is 2.41. The predicted octanol–water partition coefficient (Wildman–Crippen LogP) is 2.89. The SMILES string of the molecule is CCN=C(NC1CC1c1ccc(C(C)C)cc1)N(C)Cc1ncnn1C. The highest BCUT2D eigenvalue weighted by molar-refractivity contribution is 5.80. The molecule has 2 unspecified atom stereocenters. The Balaban J connectivity index is 1.61. The van der Waals surface area contributed by atoms with E-state index in [1.807, 2.05) is 14.1 Å². The second-order valence-corrected chi connectivity index (χ2v) is 7.37. The van der Waals surface area contributed by atoms with E-state index >= 15 is 0 Å². The first-order valence-corrected chi connectivity index (χ1v) is 9.44. The maximum Gasteiger partial charge on any atom is 0.194 e. The Bertz CT molecular complexity index is 746. The van der Waals surface area contributed by atoms with E-state index in [4.69, 9.17) is 0 Å². The van der Waals surface area contributed by atoms with Crippen LogP contribution in [-0.4, -0.2) is 45.3 Å². The van der Waals surface area contributed by atoms with Gasteiger partial charge in [-0.2, -0.15) is 5.10 Å². The molecule has 0 radical (unpaired) electrons. The highest BCUT2D eigenvalue weighted by Gasteiger charge is 2.39. The predicted molar refractivity (Wildman–Crippen MR) is 105 cm³/mol. The second kappa shape index (κ2) is 7.89. The van der Waals surface area contributed by atoms with E-state index < -0.39 is 0 Å². The van der Waals surface area contributed by atoms with E-state index in [-0.39, 0.29) is 0 Å². The third kappa shape index (κ3) is 4.23. The molecule has 1 fully saturated rings. The van der Waals surface area contributed by atoms with E-state index in [1.165, 1.54) is 11.1 Å². The molecule has 1 heterocycles. The lowest BCUT2D eigenvalue weighted by molar-refractivity contribution is 0.446. The van der Waals surface area contributed by atoms with Gasteiger partial charge in [-0.1, -0.05) is 38.1 Å². The topological polar surface area (TPSA) is 58.3 Å². The van der Waals surface area contributed by atoms with Gasteiger partial charge in [0.2, 0.25) is 0 Å². The molecule has 0 saturated heterocycles. The molecule has 0 aliphatic heterocycles. The zero-order valence-corrected chi connectivity index (χ0v) is 16.5. The van der Waals surface area contributed by atoms with Crippen LogP contribution < -0.4 is 5.32 Å². The molecule has 1 N–H and O–H groups in total. The summed E-state index contributed by atoms with van der Waals surface area (Å²) < 4.78 is 1.80. The molecule has 26 heavy (non-hydrogen) atoms. The van der Waals surface area contributed by atoms with E-state index in [2.05, 4.69) is 70.3 Å². The van der Waals surface area contributed by atoms with Crippen LogP contribution >= 0.6 is 0 Å². The molecule has 1 aliphatic carbocycles. The van der Waals surface area contributed by atoms with Gasteiger partial charge in [0.15, 0.2) is 5.96 Å². The summed E-state index contributed by atoms with van der Waals surface area (Å²) >= 11 is 0. The molecule has 0 bridgehead atoms. The summed E-state index contributed by atoms with van der Waals surface area (Å²) in [5, 5.41) is 7.77. The van der Waals surface area contributed by atoms with Gasteiger partial charge in [-0.25, -0.2) is 4.98 Å². The van der Waals surface area contributed by atoms with Gasteiger partial charge in [0.25, 0.3) is 0 Å². The summed E-state index contributed by atoms with van der Waals surface area (Å²) in [5.41, 5.74) is 2.81. The van der Waals surface area contributed by atoms with Gasteiger partial charge in [-0.15, -0.1) is 0 Å². The molecule has 1 aromatic heterocycles. The average molecular weight is 355 g/mol. The van der Waals surface area contributed by atoms with Crippen LogP contribution in [0.15, 0.2) is 35.6 Å². The number of aromatic nitrogens is 3. The molecule has 1 aliphatic rings. The second-order valence-electron chi connectivity index (χ2n) is 7.37. The van der Waals surface area contributed by atoms with Gasteiger partial charge in [0, 0.05) is 32.6 Å². The number of hydrogen-bond acceptors (Lipinski definition) is 3. The first kappa shape index (κ1) is 18.4. The summed E-state index contributed by atoms with van der Waals surface area (Å²) in [7, 11) is 3.96. The number of aliphatic imine (C=N–C) groups is 1. The van der Waals surface area contributed by atoms with Crippen molar-refractivity contribution in [3.05, 3.63) is 47.5 Å². The average Bonchev–Trinajstić information content (AvgIpc) is 3.28. The zero-order valence-electron chi connectivity index (χ0n) is 16.5. The fraction of sp³-hybridized carbons (Fsp3) is 0.550. The number of aryl methyl sites for hydroxylation is 1. The van der Waals surface area contributed by atoms with Crippen LogP contribution in [0.4, 0.5) is 0 Å². The number of hydrogen-bond donors (Lipinski definition) is 1. The van der Waals surface area contributed by atoms with Gasteiger partial charge in [-0.3, -0.25) is 9.67 Å². The molecule has 1 aromatic carbocycles. The van der Waals surface area contributed by atoms with Crippen LogP contribution in [0, 0.1) is 0 Å². The van der Waals surface area contributed by atoms with Crippen LogP contribution in [0.1, 0.15) is 56.0 Å². The molecule has 6 heteroatoms. The van der Waals surface area contributed by atoms with Crippen molar-refractivity contribution < 1.29 is 0 Å². The maximum absolute atomic E-state index is 4.65. The number of rotatable bonds is 6. The molecule has 140 valence electrons. The van der Waals surface area contributed by atoms with Crippen molar-refractivity contribution >= 4 is 5.96 Å². The number of nitrogens with one attached hydrogen (secondary N) is 1. The fourth-order valence-electron chi connectivity index (χ4n) is 3.19. The Morgan fingerprint density at radius 3 is 2.65 bits per heavy atom. The lowest BCUT2D eigenvalue weighted by atomic mass is 10.0. The van der Waals surface area contributed by atoms with Crippen molar-refractivity contribution in [3.63, 3.8) is 0 Å². The maximum atomic E-state index is 4.65. The highest BCUT2D eigenvalue weighted by atomic mass is 15.4.